The number of methoxy groups -OCH3 is 1. The van der Waals surface area contributed by atoms with Gasteiger partial charge in [0.2, 0.25) is 5.91 Å². The number of ether oxygens (including phenoxy) is 1. The summed E-state index contributed by atoms with van der Waals surface area (Å²) in [6.07, 6.45) is 5.46. The second-order valence-electron chi connectivity index (χ2n) is 8.78. The van der Waals surface area contributed by atoms with Crippen LogP contribution in [-0.2, 0) is 9.59 Å². The average Bonchev–Trinajstić information content (AvgIpc) is 2.71. The predicted octanol–water partition coefficient (Wildman–Crippen LogP) is 5.40. The van der Waals surface area contributed by atoms with Gasteiger partial charge in [-0.05, 0) is 29.5 Å². The van der Waals surface area contributed by atoms with E-state index < -0.39 is 0 Å². The Kier molecular flexibility index (Phi) is 5.33. The molecule has 0 bridgehead atoms. The Bertz CT molecular complexity index is 1030. The Morgan fingerprint density at radius 3 is 2.43 bits per heavy atom. The zero-order chi connectivity index (χ0) is 21.3. The van der Waals surface area contributed by atoms with Gasteiger partial charge in [-0.1, -0.05) is 68.5 Å². The number of benzene rings is 2. The van der Waals surface area contributed by atoms with Crippen LogP contribution in [0.25, 0.3) is 6.08 Å². The predicted molar refractivity (Wildman–Crippen MR) is 119 cm³/mol. The number of para-hydroxylation sites is 2. The van der Waals surface area contributed by atoms with Gasteiger partial charge in [-0.2, -0.15) is 0 Å². The molecular weight excluding hydrogens is 374 g/mol. The zero-order valence-corrected chi connectivity index (χ0v) is 17.7. The van der Waals surface area contributed by atoms with Gasteiger partial charge in [-0.15, -0.1) is 0 Å². The van der Waals surface area contributed by atoms with Crippen molar-refractivity contribution in [2.45, 2.75) is 33.1 Å². The van der Waals surface area contributed by atoms with Gasteiger partial charge in [0.05, 0.1) is 12.8 Å². The van der Waals surface area contributed by atoms with Crippen molar-refractivity contribution >= 4 is 23.5 Å². The quantitative estimate of drug-likeness (QED) is 0.689. The lowest BCUT2D eigenvalue weighted by Gasteiger charge is -2.42. The van der Waals surface area contributed by atoms with Crippen molar-refractivity contribution in [3.63, 3.8) is 0 Å². The summed E-state index contributed by atoms with van der Waals surface area (Å²) in [7, 11) is 1.60. The number of nitrogens with zero attached hydrogens (tertiary/aromatic N) is 1. The highest BCUT2D eigenvalue weighted by molar-refractivity contribution is 6.07. The van der Waals surface area contributed by atoms with E-state index in [1.807, 2.05) is 66.7 Å². The van der Waals surface area contributed by atoms with Gasteiger partial charge in [-0.25, -0.2) is 0 Å². The number of anilines is 1. The van der Waals surface area contributed by atoms with Crippen molar-refractivity contribution in [1.82, 2.24) is 0 Å². The molecule has 4 rings (SSSR count). The van der Waals surface area contributed by atoms with Crippen LogP contribution in [0.15, 0.2) is 71.9 Å². The topological polar surface area (TPSA) is 46.6 Å². The summed E-state index contributed by atoms with van der Waals surface area (Å²) >= 11 is 0. The summed E-state index contributed by atoms with van der Waals surface area (Å²) in [5.74, 6) is 0.553. The average molecular weight is 402 g/mol. The van der Waals surface area contributed by atoms with E-state index in [1.54, 1.807) is 12.0 Å². The molecule has 0 radical (unpaired) electrons. The molecule has 2 aromatic rings. The first kappa shape index (κ1) is 20.1. The van der Waals surface area contributed by atoms with E-state index in [4.69, 9.17) is 4.74 Å². The van der Waals surface area contributed by atoms with Crippen LogP contribution in [0.2, 0.25) is 0 Å². The smallest absolute Gasteiger partial charge is 0.232 e. The molecule has 4 heteroatoms. The fraction of sp³-hybridized carbons (Fsp3) is 0.308. The van der Waals surface area contributed by atoms with E-state index in [1.165, 1.54) is 0 Å². The van der Waals surface area contributed by atoms with E-state index in [0.717, 1.165) is 16.8 Å². The lowest BCUT2D eigenvalue weighted by molar-refractivity contribution is -0.121. The minimum atomic E-state index is -0.206. The summed E-state index contributed by atoms with van der Waals surface area (Å²) in [6, 6.07) is 17.5. The molecule has 1 atom stereocenters. The SMILES string of the molecule is COc1ccccc1N1C(=O)CC(/C=C/c2ccccc2)C2=C1CC(C)(C)CC2=O. The fourth-order valence-corrected chi connectivity index (χ4v) is 4.50. The highest BCUT2D eigenvalue weighted by Crippen LogP contribution is 2.47. The molecule has 4 nitrogen and oxygen atoms in total. The van der Waals surface area contributed by atoms with E-state index in [2.05, 4.69) is 13.8 Å². The standard InChI is InChI=1S/C26H27NO3/c1-26(2)16-21-25(22(28)17-26)19(14-13-18-9-5-4-6-10-18)15-24(29)27(21)20-11-7-8-12-23(20)30-3/h4-14,19H,15-17H2,1-3H3/b14-13+. The molecule has 30 heavy (non-hydrogen) atoms. The highest BCUT2D eigenvalue weighted by atomic mass is 16.5. The lowest BCUT2D eigenvalue weighted by atomic mass is 9.70. The second-order valence-corrected chi connectivity index (χ2v) is 8.78. The molecule has 0 saturated carbocycles. The Balaban J connectivity index is 1.82. The Hall–Kier alpha value is -3.14. The van der Waals surface area contributed by atoms with E-state index in [9.17, 15) is 9.59 Å². The largest absolute Gasteiger partial charge is 0.495 e. The molecule has 0 spiro atoms. The Morgan fingerprint density at radius 1 is 1.00 bits per heavy atom. The van der Waals surface area contributed by atoms with Gasteiger partial charge in [0.15, 0.2) is 5.78 Å². The highest BCUT2D eigenvalue weighted by Gasteiger charge is 2.43. The number of amides is 1. The Labute approximate surface area is 177 Å². The van der Waals surface area contributed by atoms with Crippen LogP contribution in [0.3, 0.4) is 0 Å². The number of ketones is 1. The third kappa shape index (κ3) is 3.82. The van der Waals surface area contributed by atoms with Crippen LogP contribution in [0.1, 0.15) is 38.7 Å². The summed E-state index contributed by atoms with van der Waals surface area (Å²) in [4.78, 5) is 28.3. The van der Waals surface area contributed by atoms with E-state index in [-0.39, 0.29) is 29.4 Å². The van der Waals surface area contributed by atoms with Gasteiger partial charge in [-0.3, -0.25) is 14.5 Å². The van der Waals surface area contributed by atoms with E-state index >= 15 is 0 Å². The molecule has 2 aromatic carbocycles. The molecule has 0 saturated heterocycles. The first-order valence-corrected chi connectivity index (χ1v) is 10.3. The maximum atomic E-state index is 13.3. The van der Waals surface area contributed by atoms with Crippen LogP contribution < -0.4 is 9.64 Å². The van der Waals surface area contributed by atoms with Gasteiger partial charge >= 0.3 is 0 Å². The molecule has 1 heterocycles. The number of hydrogen-bond donors (Lipinski definition) is 0. The van der Waals surface area contributed by atoms with Crippen LogP contribution >= 0.6 is 0 Å². The number of carbonyl (C=O) groups excluding carboxylic acids is 2. The molecule has 1 aliphatic carbocycles. The van der Waals surface area contributed by atoms with Crippen molar-refractivity contribution in [3.05, 3.63) is 77.5 Å². The molecule has 154 valence electrons. The third-order valence-corrected chi connectivity index (χ3v) is 5.83. The molecular formula is C26H27NO3. The number of rotatable bonds is 4. The van der Waals surface area contributed by atoms with Crippen LogP contribution in [-0.4, -0.2) is 18.8 Å². The normalized spacial score (nSPS) is 21.2. The fourth-order valence-electron chi connectivity index (χ4n) is 4.50. The summed E-state index contributed by atoms with van der Waals surface area (Å²) in [5.41, 5.74) is 3.16. The molecule has 0 aromatic heterocycles. The molecule has 0 fully saturated rings. The summed E-state index contributed by atoms with van der Waals surface area (Å²) in [5, 5.41) is 0. The van der Waals surface area contributed by atoms with Crippen molar-refractivity contribution in [2.75, 3.05) is 12.0 Å². The number of carbonyl (C=O) groups is 2. The molecule has 1 amide bonds. The van der Waals surface area contributed by atoms with Crippen LogP contribution in [0.4, 0.5) is 5.69 Å². The molecule has 1 unspecified atom stereocenters. The van der Waals surface area contributed by atoms with Gasteiger partial charge in [0.1, 0.15) is 5.75 Å². The third-order valence-electron chi connectivity index (χ3n) is 5.83. The molecule has 0 N–H and O–H groups in total. The summed E-state index contributed by atoms with van der Waals surface area (Å²) < 4.78 is 5.52. The lowest BCUT2D eigenvalue weighted by Crippen LogP contribution is -2.44. The minimum Gasteiger partial charge on any atom is -0.495 e. The van der Waals surface area contributed by atoms with Crippen LogP contribution in [0.5, 0.6) is 5.75 Å². The van der Waals surface area contributed by atoms with Gasteiger partial charge < -0.3 is 4.74 Å². The van der Waals surface area contributed by atoms with Crippen molar-refractivity contribution in [2.24, 2.45) is 11.3 Å². The minimum absolute atomic E-state index is 0.00791. The maximum Gasteiger partial charge on any atom is 0.232 e. The number of hydrogen-bond acceptors (Lipinski definition) is 3. The molecule has 1 aliphatic heterocycles. The van der Waals surface area contributed by atoms with Crippen molar-refractivity contribution in [3.8, 4) is 5.75 Å². The monoisotopic (exact) mass is 401 g/mol. The van der Waals surface area contributed by atoms with Gasteiger partial charge in [0, 0.05) is 30.0 Å². The number of Topliss-reactive ketones (excluding diaryl/α,β-unsaturated/α-hetero) is 1. The first-order valence-electron chi connectivity index (χ1n) is 10.3. The van der Waals surface area contributed by atoms with Crippen molar-refractivity contribution in [1.29, 1.82) is 0 Å². The zero-order valence-electron chi connectivity index (χ0n) is 17.7. The number of allylic oxidation sites excluding steroid dienone is 3. The summed E-state index contributed by atoms with van der Waals surface area (Å²) in [6.45, 7) is 4.17. The molecule has 2 aliphatic rings. The maximum absolute atomic E-state index is 13.3. The van der Waals surface area contributed by atoms with Gasteiger partial charge in [0.25, 0.3) is 0 Å². The Morgan fingerprint density at radius 2 is 1.70 bits per heavy atom. The second kappa shape index (κ2) is 7.94. The van der Waals surface area contributed by atoms with Crippen LogP contribution in [0, 0.1) is 11.3 Å². The van der Waals surface area contributed by atoms with E-state index in [0.29, 0.717) is 24.3 Å². The van der Waals surface area contributed by atoms with Crippen molar-refractivity contribution < 1.29 is 14.3 Å². The first-order chi connectivity index (χ1) is 14.4.